The molecule has 4 N–H and O–H groups in total. The summed E-state index contributed by atoms with van der Waals surface area (Å²) in [5.74, 6) is -0.472. The molecule has 0 atom stereocenters. The van der Waals surface area contributed by atoms with Crippen LogP contribution >= 0.6 is 0 Å². The number of ether oxygens (including phenoxy) is 1. The molecule has 1 aliphatic rings. The molecular formula is C13H20N4O4. The molecule has 1 fully saturated rings. The highest BCUT2D eigenvalue weighted by molar-refractivity contribution is 5.91. The Balaban J connectivity index is 1.67. The summed E-state index contributed by atoms with van der Waals surface area (Å²) in [6, 6.07) is 1.06. The summed E-state index contributed by atoms with van der Waals surface area (Å²) in [4.78, 5) is 38.2. The van der Waals surface area contributed by atoms with Crippen molar-refractivity contribution in [3.63, 3.8) is 0 Å². The molecule has 0 aliphatic carbocycles. The van der Waals surface area contributed by atoms with Crippen molar-refractivity contribution in [3.8, 4) is 0 Å². The topological polar surface area (TPSA) is 116 Å². The number of aromatic amines is 2. The minimum atomic E-state index is -0.693. The van der Waals surface area contributed by atoms with Crippen LogP contribution in [0.15, 0.2) is 15.7 Å². The Bertz CT molecular complexity index is 546. The first-order valence-electron chi connectivity index (χ1n) is 7.09. The van der Waals surface area contributed by atoms with Crippen molar-refractivity contribution in [1.82, 2.24) is 20.6 Å². The smallest absolute Gasteiger partial charge is 0.326 e. The maximum atomic E-state index is 11.7. The van der Waals surface area contributed by atoms with Crippen LogP contribution in [0.3, 0.4) is 0 Å². The lowest BCUT2D eigenvalue weighted by Gasteiger charge is -2.22. The average Bonchev–Trinajstić information content (AvgIpc) is 2.47. The van der Waals surface area contributed by atoms with Gasteiger partial charge in [0.25, 0.3) is 11.5 Å². The van der Waals surface area contributed by atoms with E-state index in [0.29, 0.717) is 25.7 Å². The molecule has 116 valence electrons. The standard InChI is InChI=1S/C13H20N4O4/c18-11-8-10(16-13(20)17-11)12(19)15-4-1-7-21-9-2-5-14-6-3-9/h8-9,14H,1-7H2,(H,15,19)(H2,16,17,18,20). The lowest BCUT2D eigenvalue weighted by molar-refractivity contribution is 0.0317. The summed E-state index contributed by atoms with van der Waals surface area (Å²) in [6.45, 7) is 2.98. The third kappa shape index (κ3) is 5.16. The number of amides is 1. The first kappa shape index (κ1) is 15.5. The Morgan fingerprint density at radius 3 is 2.76 bits per heavy atom. The molecule has 21 heavy (non-hydrogen) atoms. The van der Waals surface area contributed by atoms with Crippen LogP contribution in [0.2, 0.25) is 0 Å². The number of aromatic nitrogens is 2. The van der Waals surface area contributed by atoms with Crippen molar-refractivity contribution < 1.29 is 9.53 Å². The van der Waals surface area contributed by atoms with Gasteiger partial charge in [0.05, 0.1) is 6.10 Å². The lowest BCUT2D eigenvalue weighted by atomic mass is 10.1. The largest absolute Gasteiger partial charge is 0.378 e. The molecule has 8 nitrogen and oxygen atoms in total. The Morgan fingerprint density at radius 2 is 2.05 bits per heavy atom. The monoisotopic (exact) mass is 296 g/mol. The van der Waals surface area contributed by atoms with Gasteiger partial charge in [0.15, 0.2) is 0 Å². The van der Waals surface area contributed by atoms with E-state index < -0.39 is 17.2 Å². The molecule has 1 aromatic rings. The highest BCUT2D eigenvalue weighted by atomic mass is 16.5. The number of H-pyrrole nitrogens is 2. The summed E-state index contributed by atoms with van der Waals surface area (Å²) in [7, 11) is 0. The van der Waals surface area contributed by atoms with Crippen LogP contribution in [0, 0.1) is 0 Å². The molecule has 8 heteroatoms. The predicted molar refractivity (Wildman–Crippen MR) is 76.5 cm³/mol. The second-order valence-corrected chi connectivity index (χ2v) is 4.93. The fraction of sp³-hybridized carbons (Fsp3) is 0.615. The highest BCUT2D eigenvalue weighted by Gasteiger charge is 2.12. The van der Waals surface area contributed by atoms with E-state index >= 15 is 0 Å². The molecule has 0 spiro atoms. The van der Waals surface area contributed by atoms with E-state index in [1.165, 1.54) is 0 Å². The quantitative estimate of drug-likeness (QED) is 0.500. The Hall–Kier alpha value is -1.93. The van der Waals surface area contributed by atoms with Crippen molar-refractivity contribution in [2.45, 2.75) is 25.4 Å². The van der Waals surface area contributed by atoms with E-state index in [4.69, 9.17) is 4.74 Å². The number of nitrogens with one attached hydrogen (secondary N) is 4. The minimum absolute atomic E-state index is 0.0389. The van der Waals surface area contributed by atoms with Gasteiger partial charge in [-0.25, -0.2) is 4.79 Å². The number of rotatable bonds is 6. The van der Waals surface area contributed by atoms with Gasteiger partial charge in [-0.15, -0.1) is 0 Å². The van der Waals surface area contributed by atoms with E-state index in [1.54, 1.807) is 0 Å². The summed E-state index contributed by atoms with van der Waals surface area (Å²) in [6.07, 6.45) is 3.01. The lowest BCUT2D eigenvalue weighted by Crippen LogP contribution is -2.33. The second-order valence-electron chi connectivity index (χ2n) is 4.93. The van der Waals surface area contributed by atoms with E-state index in [2.05, 4.69) is 15.6 Å². The zero-order valence-corrected chi connectivity index (χ0v) is 11.7. The normalized spacial score (nSPS) is 15.8. The third-order valence-corrected chi connectivity index (χ3v) is 3.25. The van der Waals surface area contributed by atoms with Crippen molar-refractivity contribution in [1.29, 1.82) is 0 Å². The molecule has 0 radical (unpaired) electrons. The molecule has 1 aromatic heterocycles. The second kappa shape index (κ2) is 7.75. The first-order valence-corrected chi connectivity index (χ1v) is 7.09. The fourth-order valence-corrected chi connectivity index (χ4v) is 2.17. The van der Waals surface area contributed by atoms with Gasteiger partial charge < -0.3 is 20.4 Å². The summed E-state index contributed by atoms with van der Waals surface area (Å²) >= 11 is 0. The van der Waals surface area contributed by atoms with Crippen LogP contribution in [0.5, 0.6) is 0 Å². The zero-order valence-electron chi connectivity index (χ0n) is 11.7. The van der Waals surface area contributed by atoms with Gasteiger partial charge in [0.2, 0.25) is 0 Å². The van der Waals surface area contributed by atoms with Crippen LogP contribution in [-0.4, -0.2) is 48.2 Å². The van der Waals surface area contributed by atoms with Crippen molar-refractivity contribution in [2.75, 3.05) is 26.2 Å². The molecular weight excluding hydrogens is 276 g/mol. The van der Waals surface area contributed by atoms with E-state index in [1.807, 2.05) is 4.98 Å². The number of hydrogen-bond donors (Lipinski definition) is 4. The molecule has 0 aromatic carbocycles. The van der Waals surface area contributed by atoms with E-state index in [-0.39, 0.29) is 5.69 Å². The zero-order chi connectivity index (χ0) is 15.1. The van der Waals surface area contributed by atoms with Gasteiger partial charge in [-0.1, -0.05) is 0 Å². The molecule has 1 saturated heterocycles. The van der Waals surface area contributed by atoms with Crippen LogP contribution in [0.4, 0.5) is 0 Å². The maximum Gasteiger partial charge on any atom is 0.326 e. The molecule has 2 heterocycles. The van der Waals surface area contributed by atoms with E-state index in [9.17, 15) is 14.4 Å². The SMILES string of the molecule is O=C(NCCCOC1CCNCC1)c1cc(=O)[nH]c(=O)[nH]1. The number of carbonyl (C=O) groups is 1. The summed E-state index contributed by atoms with van der Waals surface area (Å²) in [5.41, 5.74) is -1.33. The van der Waals surface area contributed by atoms with E-state index in [0.717, 1.165) is 32.0 Å². The van der Waals surface area contributed by atoms with Crippen LogP contribution < -0.4 is 21.9 Å². The van der Waals surface area contributed by atoms with Gasteiger partial charge in [-0.3, -0.25) is 14.6 Å². The Kier molecular flexibility index (Phi) is 5.70. The van der Waals surface area contributed by atoms with Crippen LogP contribution in [0.1, 0.15) is 29.8 Å². The molecule has 2 rings (SSSR count). The molecule has 1 aliphatic heterocycles. The average molecular weight is 296 g/mol. The minimum Gasteiger partial charge on any atom is -0.378 e. The molecule has 0 bridgehead atoms. The van der Waals surface area contributed by atoms with Gasteiger partial charge in [-0.2, -0.15) is 0 Å². The molecule has 0 saturated carbocycles. The van der Waals surface area contributed by atoms with Crippen molar-refractivity contribution in [2.24, 2.45) is 0 Å². The third-order valence-electron chi connectivity index (χ3n) is 3.25. The van der Waals surface area contributed by atoms with Gasteiger partial charge in [-0.05, 0) is 32.4 Å². The van der Waals surface area contributed by atoms with Gasteiger partial charge in [0.1, 0.15) is 5.69 Å². The van der Waals surface area contributed by atoms with Crippen molar-refractivity contribution in [3.05, 3.63) is 32.6 Å². The first-order chi connectivity index (χ1) is 10.1. The highest BCUT2D eigenvalue weighted by Crippen LogP contribution is 2.07. The van der Waals surface area contributed by atoms with Gasteiger partial charge >= 0.3 is 5.69 Å². The summed E-state index contributed by atoms with van der Waals surface area (Å²) < 4.78 is 5.70. The fourth-order valence-electron chi connectivity index (χ4n) is 2.17. The van der Waals surface area contributed by atoms with Crippen LogP contribution in [0.25, 0.3) is 0 Å². The van der Waals surface area contributed by atoms with Crippen molar-refractivity contribution >= 4 is 5.91 Å². The number of hydrogen-bond acceptors (Lipinski definition) is 5. The molecule has 1 amide bonds. The Labute approximate surface area is 121 Å². The predicted octanol–water partition coefficient (Wildman–Crippen LogP) is -1.05. The summed E-state index contributed by atoms with van der Waals surface area (Å²) in [5, 5.41) is 5.90. The number of carbonyl (C=O) groups excluding carboxylic acids is 1. The molecule has 0 unspecified atom stereocenters. The maximum absolute atomic E-state index is 11.7. The number of piperidine rings is 1. The van der Waals surface area contributed by atoms with Gasteiger partial charge in [0, 0.05) is 19.2 Å². The van der Waals surface area contributed by atoms with Crippen LogP contribution in [-0.2, 0) is 4.74 Å². The Morgan fingerprint density at radius 1 is 1.29 bits per heavy atom.